The highest BCUT2D eigenvalue weighted by Crippen LogP contribution is 2.36. The Morgan fingerprint density at radius 1 is 1.11 bits per heavy atom. The number of carbonyl (C=O) groups is 1. The van der Waals surface area contributed by atoms with E-state index in [-0.39, 0.29) is 5.56 Å². The predicted molar refractivity (Wildman–Crippen MR) is 107 cm³/mol. The molecule has 1 rings (SSSR count). The molecule has 27 heavy (non-hydrogen) atoms. The molecule has 0 saturated carbocycles. The Kier molecular flexibility index (Phi) is 8.16. The smallest absolute Gasteiger partial charge is 0.339 e. The number of phenolic OH excluding ortho intramolecular Hbond substituents is 3. The number of aromatic hydroxyl groups is 3. The molecular formula is C22H30O5. The SMILES string of the molecule is C=CC(C)(CCC=C(C)CCC=C(C)C)OC(=O)c1cc(O)c(O)c(O)c1. The van der Waals surface area contributed by atoms with E-state index in [9.17, 15) is 20.1 Å². The van der Waals surface area contributed by atoms with Gasteiger partial charge in [-0.15, -0.1) is 0 Å². The van der Waals surface area contributed by atoms with Gasteiger partial charge in [-0.1, -0.05) is 29.9 Å². The number of phenols is 3. The quantitative estimate of drug-likeness (QED) is 0.307. The van der Waals surface area contributed by atoms with Gasteiger partial charge in [-0.05, 0) is 71.6 Å². The fourth-order valence-corrected chi connectivity index (χ4v) is 2.48. The van der Waals surface area contributed by atoms with Gasteiger partial charge in [0, 0.05) is 0 Å². The van der Waals surface area contributed by atoms with Crippen LogP contribution in [0, 0.1) is 0 Å². The second-order valence-electron chi connectivity index (χ2n) is 7.18. The summed E-state index contributed by atoms with van der Waals surface area (Å²) in [6, 6.07) is 2.10. The van der Waals surface area contributed by atoms with Crippen LogP contribution in [0.15, 0.2) is 48.1 Å². The molecule has 1 aromatic rings. The molecule has 0 bridgehead atoms. The lowest BCUT2D eigenvalue weighted by atomic mass is 9.98. The number of carbonyl (C=O) groups excluding carboxylic acids is 1. The van der Waals surface area contributed by atoms with Crippen molar-refractivity contribution in [2.45, 2.75) is 59.0 Å². The Morgan fingerprint density at radius 3 is 2.22 bits per heavy atom. The molecule has 0 saturated heterocycles. The van der Waals surface area contributed by atoms with Gasteiger partial charge in [0.1, 0.15) is 5.60 Å². The number of hydrogen-bond acceptors (Lipinski definition) is 5. The van der Waals surface area contributed by atoms with Crippen molar-refractivity contribution in [2.75, 3.05) is 0 Å². The van der Waals surface area contributed by atoms with E-state index in [2.05, 4.69) is 39.5 Å². The number of esters is 1. The lowest BCUT2D eigenvalue weighted by Crippen LogP contribution is -2.29. The number of benzene rings is 1. The Balaban J connectivity index is 2.71. The molecule has 0 aliphatic heterocycles. The molecule has 148 valence electrons. The van der Waals surface area contributed by atoms with E-state index in [0.29, 0.717) is 6.42 Å². The minimum Gasteiger partial charge on any atom is -0.504 e. The molecule has 0 amide bonds. The normalized spacial score (nSPS) is 13.6. The van der Waals surface area contributed by atoms with Crippen LogP contribution in [0.2, 0.25) is 0 Å². The zero-order valence-electron chi connectivity index (χ0n) is 16.6. The third-order valence-electron chi connectivity index (χ3n) is 4.29. The maximum atomic E-state index is 12.3. The maximum absolute atomic E-state index is 12.3. The molecule has 0 spiro atoms. The Morgan fingerprint density at radius 2 is 1.70 bits per heavy atom. The standard InChI is InChI=1S/C22H30O5/c1-6-22(5,12-8-11-16(4)10-7-9-15(2)3)27-21(26)17-13-18(23)20(25)19(24)14-17/h6,9,11,13-14,23-25H,1,7-8,10,12H2,2-5H3. The fourth-order valence-electron chi connectivity index (χ4n) is 2.48. The fraction of sp³-hybridized carbons (Fsp3) is 0.409. The molecule has 1 aromatic carbocycles. The second-order valence-corrected chi connectivity index (χ2v) is 7.18. The van der Waals surface area contributed by atoms with Crippen molar-refractivity contribution in [1.29, 1.82) is 0 Å². The largest absolute Gasteiger partial charge is 0.504 e. The van der Waals surface area contributed by atoms with Crippen LogP contribution in [0.3, 0.4) is 0 Å². The summed E-state index contributed by atoms with van der Waals surface area (Å²) in [5.41, 5.74) is 1.64. The summed E-state index contributed by atoms with van der Waals surface area (Å²) in [5.74, 6) is -2.56. The average Bonchev–Trinajstić information content (AvgIpc) is 2.58. The molecule has 0 aliphatic carbocycles. The summed E-state index contributed by atoms with van der Waals surface area (Å²) < 4.78 is 5.52. The van der Waals surface area contributed by atoms with E-state index in [1.165, 1.54) is 11.1 Å². The number of ether oxygens (including phenoxy) is 1. The summed E-state index contributed by atoms with van der Waals surface area (Å²) in [5, 5.41) is 28.5. The lowest BCUT2D eigenvalue weighted by Gasteiger charge is -2.26. The van der Waals surface area contributed by atoms with Gasteiger partial charge >= 0.3 is 5.97 Å². The van der Waals surface area contributed by atoms with Crippen LogP contribution < -0.4 is 0 Å². The Bertz CT molecular complexity index is 718. The van der Waals surface area contributed by atoms with Gasteiger partial charge in [0.2, 0.25) is 0 Å². The summed E-state index contributed by atoms with van der Waals surface area (Å²) in [6.45, 7) is 11.7. The molecule has 0 radical (unpaired) electrons. The number of hydrogen-bond donors (Lipinski definition) is 3. The highest BCUT2D eigenvalue weighted by Gasteiger charge is 2.26. The first kappa shape index (κ1) is 22.4. The van der Waals surface area contributed by atoms with Crippen molar-refractivity contribution in [2.24, 2.45) is 0 Å². The minimum absolute atomic E-state index is 0.0516. The van der Waals surface area contributed by atoms with Crippen molar-refractivity contribution < 1.29 is 24.9 Å². The van der Waals surface area contributed by atoms with Gasteiger partial charge in [-0.2, -0.15) is 0 Å². The van der Waals surface area contributed by atoms with E-state index in [1.54, 1.807) is 13.0 Å². The number of rotatable bonds is 9. The summed E-state index contributed by atoms with van der Waals surface area (Å²) >= 11 is 0. The molecule has 5 heteroatoms. The summed E-state index contributed by atoms with van der Waals surface area (Å²) in [4.78, 5) is 12.3. The molecule has 1 atom stereocenters. The first-order chi connectivity index (χ1) is 12.6. The van der Waals surface area contributed by atoms with Crippen LogP contribution >= 0.6 is 0 Å². The van der Waals surface area contributed by atoms with Crippen LogP contribution in [0.5, 0.6) is 17.2 Å². The van der Waals surface area contributed by atoms with Crippen molar-refractivity contribution in [1.82, 2.24) is 0 Å². The van der Waals surface area contributed by atoms with E-state index in [1.807, 2.05) is 0 Å². The van der Waals surface area contributed by atoms with Gasteiger partial charge in [0.15, 0.2) is 17.2 Å². The van der Waals surface area contributed by atoms with Crippen molar-refractivity contribution >= 4 is 5.97 Å². The van der Waals surface area contributed by atoms with E-state index in [4.69, 9.17) is 4.74 Å². The molecule has 0 aliphatic rings. The van der Waals surface area contributed by atoms with Crippen LogP contribution in [0.4, 0.5) is 0 Å². The molecule has 5 nitrogen and oxygen atoms in total. The molecule has 0 heterocycles. The highest BCUT2D eigenvalue weighted by molar-refractivity contribution is 5.91. The first-order valence-electron chi connectivity index (χ1n) is 8.99. The third kappa shape index (κ3) is 7.21. The van der Waals surface area contributed by atoms with E-state index in [0.717, 1.165) is 31.4 Å². The zero-order valence-corrected chi connectivity index (χ0v) is 16.6. The van der Waals surface area contributed by atoms with Crippen LogP contribution in [0.1, 0.15) is 63.7 Å². The van der Waals surface area contributed by atoms with Crippen LogP contribution in [-0.2, 0) is 4.74 Å². The summed E-state index contributed by atoms with van der Waals surface area (Å²) in [6.07, 6.45) is 9.17. The van der Waals surface area contributed by atoms with Crippen molar-refractivity contribution in [3.05, 3.63) is 53.6 Å². The lowest BCUT2D eigenvalue weighted by molar-refractivity contribution is 0.00826. The topological polar surface area (TPSA) is 87.0 Å². The highest BCUT2D eigenvalue weighted by atomic mass is 16.6. The summed E-state index contributed by atoms with van der Waals surface area (Å²) in [7, 11) is 0. The van der Waals surface area contributed by atoms with Crippen LogP contribution in [0.25, 0.3) is 0 Å². The van der Waals surface area contributed by atoms with Gasteiger partial charge in [-0.3, -0.25) is 0 Å². The Labute approximate surface area is 161 Å². The third-order valence-corrected chi connectivity index (χ3v) is 4.29. The Hall–Kier alpha value is -2.69. The van der Waals surface area contributed by atoms with Crippen molar-refractivity contribution in [3.8, 4) is 17.2 Å². The molecule has 3 N–H and O–H groups in total. The average molecular weight is 374 g/mol. The monoisotopic (exact) mass is 374 g/mol. The predicted octanol–water partition coefficient (Wildman–Crippen LogP) is 5.38. The minimum atomic E-state index is -0.892. The second kappa shape index (κ2) is 9.86. The molecular weight excluding hydrogens is 344 g/mol. The molecule has 1 unspecified atom stereocenters. The van der Waals surface area contributed by atoms with Gasteiger partial charge in [-0.25, -0.2) is 4.79 Å². The first-order valence-corrected chi connectivity index (χ1v) is 8.99. The van der Waals surface area contributed by atoms with Gasteiger partial charge in [0.05, 0.1) is 5.56 Å². The molecule has 0 fully saturated rings. The molecule has 0 aromatic heterocycles. The van der Waals surface area contributed by atoms with Crippen LogP contribution in [-0.4, -0.2) is 26.9 Å². The van der Waals surface area contributed by atoms with Gasteiger partial charge < -0.3 is 20.1 Å². The maximum Gasteiger partial charge on any atom is 0.339 e. The zero-order chi connectivity index (χ0) is 20.6. The van der Waals surface area contributed by atoms with Crippen molar-refractivity contribution in [3.63, 3.8) is 0 Å². The number of allylic oxidation sites excluding steroid dienone is 4. The van der Waals surface area contributed by atoms with E-state index < -0.39 is 28.8 Å². The van der Waals surface area contributed by atoms with Gasteiger partial charge in [0.25, 0.3) is 0 Å². The van der Waals surface area contributed by atoms with E-state index >= 15 is 0 Å².